The van der Waals surface area contributed by atoms with Gasteiger partial charge in [0.15, 0.2) is 0 Å². The van der Waals surface area contributed by atoms with Crippen LogP contribution in [0.4, 0.5) is 0 Å². The highest BCUT2D eigenvalue weighted by Gasteiger charge is 2.05. The SMILES string of the molecule is Brc1ccccc1Oc1cccc(Oc2ccccc2Br)c1. The average Bonchev–Trinajstić information content (AvgIpc) is 2.52. The van der Waals surface area contributed by atoms with E-state index in [1.807, 2.05) is 72.8 Å². The third kappa shape index (κ3) is 3.70. The molecule has 0 saturated carbocycles. The lowest BCUT2D eigenvalue weighted by Gasteiger charge is -2.11. The Balaban J connectivity index is 1.81. The van der Waals surface area contributed by atoms with Crippen molar-refractivity contribution in [1.29, 1.82) is 0 Å². The van der Waals surface area contributed by atoms with E-state index < -0.39 is 0 Å². The van der Waals surface area contributed by atoms with Crippen LogP contribution in [0.15, 0.2) is 81.7 Å². The van der Waals surface area contributed by atoms with Crippen molar-refractivity contribution in [3.8, 4) is 23.0 Å². The minimum atomic E-state index is 0.719. The summed E-state index contributed by atoms with van der Waals surface area (Å²) in [5.74, 6) is 2.97. The summed E-state index contributed by atoms with van der Waals surface area (Å²) in [5, 5.41) is 0. The number of rotatable bonds is 4. The highest BCUT2D eigenvalue weighted by Crippen LogP contribution is 2.33. The van der Waals surface area contributed by atoms with E-state index in [1.165, 1.54) is 0 Å². The minimum absolute atomic E-state index is 0.719. The largest absolute Gasteiger partial charge is 0.456 e. The second kappa shape index (κ2) is 6.99. The van der Waals surface area contributed by atoms with Gasteiger partial charge < -0.3 is 9.47 Å². The molecule has 0 heterocycles. The van der Waals surface area contributed by atoms with Crippen molar-refractivity contribution in [2.75, 3.05) is 0 Å². The average molecular weight is 420 g/mol. The van der Waals surface area contributed by atoms with Crippen LogP contribution < -0.4 is 9.47 Å². The lowest BCUT2D eigenvalue weighted by molar-refractivity contribution is 0.457. The van der Waals surface area contributed by atoms with Crippen LogP contribution in [0.3, 0.4) is 0 Å². The molecule has 0 N–H and O–H groups in total. The molecular formula is C18H12Br2O2. The molecular weight excluding hydrogens is 408 g/mol. The molecule has 3 rings (SSSR count). The molecule has 0 atom stereocenters. The van der Waals surface area contributed by atoms with E-state index in [0.29, 0.717) is 0 Å². The second-order valence-electron chi connectivity index (χ2n) is 4.54. The van der Waals surface area contributed by atoms with Crippen LogP contribution in [0, 0.1) is 0 Å². The Morgan fingerprint density at radius 1 is 0.545 bits per heavy atom. The van der Waals surface area contributed by atoms with Crippen molar-refractivity contribution < 1.29 is 9.47 Å². The molecule has 0 spiro atoms. The summed E-state index contributed by atoms with van der Waals surface area (Å²) < 4.78 is 13.6. The monoisotopic (exact) mass is 418 g/mol. The Labute approximate surface area is 146 Å². The Bertz CT molecular complexity index is 725. The second-order valence-corrected chi connectivity index (χ2v) is 6.25. The van der Waals surface area contributed by atoms with Gasteiger partial charge in [-0.25, -0.2) is 0 Å². The van der Waals surface area contributed by atoms with E-state index in [4.69, 9.17) is 9.47 Å². The van der Waals surface area contributed by atoms with Gasteiger partial charge in [0.1, 0.15) is 23.0 Å². The molecule has 110 valence electrons. The maximum Gasteiger partial charge on any atom is 0.141 e. The zero-order valence-electron chi connectivity index (χ0n) is 11.5. The van der Waals surface area contributed by atoms with E-state index in [-0.39, 0.29) is 0 Å². The van der Waals surface area contributed by atoms with E-state index in [1.54, 1.807) is 0 Å². The fourth-order valence-corrected chi connectivity index (χ4v) is 2.64. The molecule has 3 aromatic rings. The van der Waals surface area contributed by atoms with E-state index >= 15 is 0 Å². The van der Waals surface area contributed by atoms with E-state index in [9.17, 15) is 0 Å². The lowest BCUT2D eigenvalue weighted by atomic mass is 10.3. The highest BCUT2D eigenvalue weighted by molar-refractivity contribution is 9.10. The minimum Gasteiger partial charge on any atom is -0.456 e. The molecule has 0 aliphatic rings. The third-order valence-electron chi connectivity index (χ3n) is 2.93. The summed E-state index contributed by atoms with van der Waals surface area (Å²) in [6.45, 7) is 0. The number of hydrogen-bond donors (Lipinski definition) is 0. The maximum absolute atomic E-state index is 5.88. The Morgan fingerprint density at radius 2 is 1.00 bits per heavy atom. The molecule has 0 aliphatic heterocycles. The molecule has 0 amide bonds. The predicted octanol–water partition coefficient (Wildman–Crippen LogP) is 6.80. The van der Waals surface area contributed by atoms with Gasteiger partial charge in [0.25, 0.3) is 0 Å². The van der Waals surface area contributed by atoms with Crippen molar-refractivity contribution in [3.63, 3.8) is 0 Å². The van der Waals surface area contributed by atoms with Gasteiger partial charge in [-0.05, 0) is 68.3 Å². The molecule has 0 fully saturated rings. The van der Waals surface area contributed by atoms with Crippen LogP contribution in [-0.4, -0.2) is 0 Å². The van der Waals surface area contributed by atoms with Crippen molar-refractivity contribution >= 4 is 31.9 Å². The van der Waals surface area contributed by atoms with Crippen LogP contribution in [-0.2, 0) is 0 Å². The fourth-order valence-electron chi connectivity index (χ4n) is 1.91. The quantitative estimate of drug-likeness (QED) is 0.463. The molecule has 0 aliphatic carbocycles. The molecule has 3 aromatic carbocycles. The van der Waals surface area contributed by atoms with Crippen molar-refractivity contribution in [1.82, 2.24) is 0 Å². The molecule has 0 aromatic heterocycles. The van der Waals surface area contributed by atoms with Gasteiger partial charge in [-0.15, -0.1) is 0 Å². The van der Waals surface area contributed by atoms with Gasteiger partial charge in [0.2, 0.25) is 0 Å². The van der Waals surface area contributed by atoms with Gasteiger partial charge in [-0.2, -0.15) is 0 Å². The Kier molecular flexibility index (Phi) is 4.80. The molecule has 22 heavy (non-hydrogen) atoms. The molecule has 0 unspecified atom stereocenters. The number of para-hydroxylation sites is 2. The normalized spacial score (nSPS) is 10.3. The van der Waals surface area contributed by atoms with Crippen LogP contribution in [0.1, 0.15) is 0 Å². The Hall–Kier alpha value is -1.78. The molecule has 0 radical (unpaired) electrons. The van der Waals surface area contributed by atoms with Crippen molar-refractivity contribution in [2.24, 2.45) is 0 Å². The standard InChI is InChI=1S/C18H12Br2O2/c19-15-8-1-3-10-17(15)21-13-6-5-7-14(12-13)22-18-11-4-2-9-16(18)20/h1-12H. The first-order valence-corrected chi connectivity index (χ1v) is 8.26. The van der Waals surface area contributed by atoms with Gasteiger partial charge in [-0.3, -0.25) is 0 Å². The van der Waals surface area contributed by atoms with Gasteiger partial charge in [0.05, 0.1) is 8.95 Å². The van der Waals surface area contributed by atoms with Crippen LogP contribution in [0.2, 0.25) is 0 Å². The fraction of sp³-hybridized carbons (Fsp3) is 0. The van der Waals surface area contributed by atoms with E-state index in [0.717, 1.165) is 31.9 Å². The van der Waals surface area contributed by atoms with Gasteiger partial charge in [0, 0.05) is 6.07 Å². The number of ether oxygens (including phenoxy) is 2. The zero-order chi connectivity index (χ0) is 15.4. The molecule has 0 saturated heterocycles. The molecule has 4 heteroatoms. The number of benzene rings is 3. The third-order valence-corrected chi connectivity index (χ3v) is 4.24. The van der Waals surface area contributed by atoms with Crippen molar-refractivity contribution in [2.45, 2.75) is 0 Å². The lowest BCUT2D eigenvalue weighted by Crippen LogP contribution is -1.88. The first kappa shape index (κ1) is 15.1. The Morgan fingerprint density at radius 3 is 1.45 bits per heavy atom. The van der Waals surface area contributed by atoms with Crippen molar-refractivity contribution in [3.05, 3.63) is 81.7 Å². The van der Waals surface area contributed by atoms with Crippen LogP contribution in [0.5, 0.6) is 23.0 Å². The topological polar surface area (TPSA) is 18.5 Å². The van der Waals surface area contributed by atoms with Crippen LogP contribution >= 0.6 is 31.9 Å². The predicted molar refractivity (Wildman–Crippen MR) is 94.9 cm³/mol. The van der Waals surface area contributed by atoms with Crippen LogP contribution in [0.25, 0.3) is 0 Å². The van der Waals surface area contributed by atoms with E-state index in [2.05, 4.69) is 31.9 Å². The first-order chi connectivity index (χ1) is 10.7. The summed E-state index contributed by atoms with van der Waals surface area (Å²) >= 11 is 6.95. The summed E-state index contributed by atoms with van der Waals surface area (Å²) in [6, 6.07) is 23.0. The zero-order valence-corrected chi connectivity index (χ0v) is 14.7. The first-order valence-electron chi connectivity index (χ1n) is 6.67. The summed E-state index contributed by atoms with van der Waals surface area (Å²) in [7, 11) is 0. The number of halogens is 2. The number of hydrogen-bond acceptors (Lipinski definition) is 2. The van der Waals surface area contributed by atoms with Gasteiger partial charge in [-0.1, -0.05) is 30.3 Å². The molecule has 0 bridgehead atoms. The summed E-state index contributed by atoms with van der Waals surface area (Å²) in [6.07, 6.45) is 0. The molecule has 2 nitrogen and oxygen atoms in total. The highest BCUT2D eigenvalue weighted by atomic mass is 79.9. The van der Waals surface area contributed by atoms with Gasteiger partial charge >= 0.3 is 0 Å². The maximum atomic E-state index is 5.88. The summed E-state index contributed by atoms with van der Waals surface area (Å²) in [5.41, 5.74) is 0. The summed E-state index contributed by atoms with van der Waals surface area (Å²) in [4.78, 5) is 0. The smallest absolute Gasteiger partial charge is 0.141 e.